The van der Waals surface area contributed by atoms with E-state index in [1.54, 1.807) is 18.2 Å². The number of rotatable bonds is 3. The molecular formula is C16H13Cl2N3O3. The third-order valence-electron chi connectivity index (χ3n) is 2.83. The molecule has 0 heterocycles. The van der Waals surface area contributed by atoms with Crippen LogP contribution >= 0.6 is 23.2 Å². The van der Waals surface area contributed by atoms with Crippen LogP contribution in [0, 0.1) is 0 Å². The summed E-state index contributed by atoms with van der Waals surface area (Å²) in [5.74, 6) is -2.00. The molecule has 0 aliphatic rings. The number of hydrogen-bond acceptors (Lipinski definition) is 3. The zero-order valence-corrected chi connectivity index (χ0v) is 14.0. The van der Waals surface area contributed by atoms with Crippen molar-refractivity contribution < 1.29 is 14.4 Å². The van der Waals surface area contributed by atoms with Gasteiger partial charge in [0.25, 0.3) is 0 Å². The van der Waals surface area contributed by atoms with E-state index in [9.17, 15) is 14.4 Å². The number of anilines is 3. The summed E-state index contributed by atoms with van der Waals surface area (Å²) in [6.45, 7) is 1.37. The molecule has 124 valence electrons. The molecule has 0 spiro atoms. The minimum Gasteiger partial charge on any atom is -0.326 e. The normalized spacial score (nSPS) is 9.96. The third kappa shape index (κ3) is 4.97. The fourth-order valence-corrected chi connectivity index (χ4v) is 2.29. The standard InChI is InChI=1S/C16H13Cl2N3O3/c1-9(22)19-11-3-2-4-12(8-11)20-15(23)16(24)21-14-6-5-10(17)7-13(14)18/h2-8H,1H3,(H,19,22)(H,20,23)(H,21,24). The lowest BCUT2D eigenvalue weighted by molar-refractivity contribution is -0.132. The molecule has 0 radical (unpaired) electrons. The van der Waals surface area contributed by atoms with Crippen LogP contribution in [-0.2, 0) is 14.4 Å². The van der Waals surface area contributed by atoms with Crippen molar-refractivity contribution in [3.8, 4) is 0 Å². The first kappa shape index (κ1) is 17.8. The second kappa shape index (κ2) is 7.81. The average Bonchev–Trinajstić information content (AvgIpc) is 2.49. The van der Waals surface area contributed by atoms with Crippen molar-refractivity contribution in [3.63, 3.8) is 0 Å². The molecule has 0 saturated heterocycles. The van der Waals surface area contributed by atoms with Gasteiger partial charge in [0.05, 0.1) is 10.7 Å². The van der Waals surface area contributed by atoms with E-state index >= 15 is 0 Å². The van der Waals surface area contributed by atoms with Crippen molar-refractivity contribution in [3.05, 3.63) is 52.5 Å². The van der Waals surface area contributed by atoms with Gasteiger partial charge in [-0.3, -0.25) is 14.4 Å². The topological polar surface area (TPSA) is 87.3 Å². The molecule has 24 heavy (non-hydrogen) atoms. The van der Waals surface area contributed by atoms with Gasteiger partial charge in [-0.25, -0.2) is 0 Å². The van der Waals surface area contributed by atoms with Gasteiger partial charge in [-0.15, -0.1) is 0 Å². The highest BCUT2D eigenvalue weighted by atomic mass is 35.5. The summed E-state index contributed by atoms with van der Waals surface area (Å²) < 4.78 is 0. The van der Waals surface area contributed by atoms with E-state index in [4.69, 9.17) is 23.2 Å². The molecule has 0 bridgehead atoms. The van der Waals surface area contributed by atoms with E-state index in [-0.39, 0.29) is 16.6 Å². The molecule has 0 atom stereocenters. The maximum atomic E-state index is 11.9. The predicted molar refractivity (Wildman–Crippen MR) is 94.5 cm³/mol. The van der Waals surface area contributed by atoms with Gasteiger partial charge >= 0.3 is 11.8 Å². The van der Waals surface area contributed by atoms with Crippen molar-refractivity contribution in [2.45, 2.75) is 6.92 Å². The molecule has 2 aromatic carbocycles. The monoisotopic (exact) mass is 365 g/mol. The maximum absolute atomic E-state index is 11.9. The lowest BCUT2D eigenvalue weighted by atomic mass is 10.2. The fraction of sp³-hybridized carbons (Fsp3) is 0.0625. The molecule has 0 aromatic heterocycles. The number of hydrogen-bond donors (Lipinski definition) is 3. The van der Waals surface area contributed by atoms with Crippen LogP contribution in [0.4, 0.5) is 17.1 Å². The Kier molecular flexibility index (Phi) is 5.78. The molecule has 2 aromatic rings. The van der Waals surface area contributed by atoms with Crippen LogP contribution in [0.25, 0.3) is 0 Å². The minimum absolute atomic E-state index is 0.219. The van der Waals surface area contributed by atoms with Crippen molar-refractivity contribution >= 4 is 58.0 Å². The average molecular weight is 366 g/mol. The zero-order valence-electron chi connectivity index (χ0n) is 12.5. The van der Waals surface area contributed by atoms with Crippen LogP contribution in [0.15, 0.2) is 42.5 Å². The van der Waals surface area contributed by atoms with Crippen molar-refractivity contribution in [2.75, 3.05) is 16.0 Å². The van der Waals surface area contributed by atoms with E-state index in [0.29, 0.717) is 16.4 Å². The molecule has 0 fully saturated rings. The Hall–Kier alpha value is -2.57. The van der Waals surface area contributed by atoms with E-state index < -0.39 is 11.8 Å². The van der Waals surface area contributed by atoms with Crippen LogP contribution in [0.3, 0.4) is 0 Å². The van der Waals surface area contributed by atoms with Gasteiger partial charge < -0.3 is 16.0 Å². The molecule has 3 amide bonds. The van der Waals surface area contributed by atoms with Gasteiger partial charge in [-0.1, -0.05) is 29.3 Å². The maximum Gasteiger partial charge on any atom is 0.314 e. The SMILES string of the molecule is CC(=O)Nc1cccc(NC(=O)C(=O)Nc2ccc(Cl)cc2Cl)c1. The fourth-order valence-electron chi connectivity index (χ4n) is 1.84. The lowest BCUT2D eigenvalue weighted by Crippen LogP contribution is -2.29. The van der Waals surface area contributed by atoms with Crippen molar-refractivity contribution in [1.82, 2.24) is 0 Å². The van der Waals surface area contributed by atoms with E-state index in [1.165, 1.54) is 31.2 Å². The second-order valence-corrected chi connectivity index (χ2v) is 5.64. The first-order chi connectivity index (χ1) is 11.3. The Bertz CT molecular complexity index is 809. The number of halogens is 2. The molecule has 8 heteroatoms. The minimum atomic E-state index is -0.885. The Morgan fingerprint density at radius 1 is 0.833 bits per heavy atom. The summed E-state index contributed by atoms with van der Waals surface area (Å²) in [7, 11) is 0. The molecule has 6 nitrogen and oxygen atoms in total. The van der Waals surface area contributed by atoms with Crippen LogP contribution in [0.2, 0.25) is 10.0 Å². The van der Waals surface area contributed by atoms with Gasteiger partial charge in [-0.05, 0) is 36.4 Å². The van der Waals surface area contributed by atoms with Gasteiger partial charge in [0.1, 0.15) is 0 Å². The Labute approximate surface area is 148 Å². The lowest BCUT2D eigenvalue weighted by Gasteiger charge is -2.09. The van der Waals surface area contributed by atoms with Crippen molar-refractivity contribution in [2.24, 2.45) is 0 Å². The van der Waals surface area contributed by atoms with Gasteiger partial charge in [0.2, 0.25) is 5.91 Å². The highest BCUT2D eigenvalue weighted by Gasteiger charge is 2.15. The quantitative estimate of drug-likeness (QED) is 0.727. The summed E-state index contributed by atoms with van der Waals surface area (Å²) in [5, 5.41) is 8.04. The molecule has 3 N–H and O–H groups in total. The molecule has 0 aliphatic heterocycles. The number of carbonyl (C=O) groups excluding carboxylic acids is 3. The van der Waals surface area contributed by atoms with Crippen LogP contribution in [0.1, 0.15) is 6.92 Å². The predicted octanol–water partition coefficient (Wildman–Crippen LogP) is 3.53. The summed E-state index contributed by atoms with van der Waals surface area (Å²) in [6, 6.07) is 10.9. The number of nitrogens with one attached hydrogen (secondary N) is 3. The summed E-state index contributed by atoms with van der Waals surface area (Å²) in [6.07, 6.45) is 0. The summed E-state index contributed by atoms with van der Waals surface area (Å²) in [4.78, 5) is 34.9. The largest absolute Gasteiger partial charge is 0.326 e. The highest BCUT2D eigenvalue weighted by Crippen LogP contribution is 2.25. The summed E-state index contributed by atoms with van der Waals surface area (Å²) >= 11 is 11.7. The first-order valence-corrected chi connectivity index (χ1v) is 7.56. The first-order valence-electron chi connectivity index (χ1n) is 6.80. The van der Waals surface area contributed by atoms with E-state index in [1.807, 2.05) is 0 Å². The smallest absolute Gasteiger partial charge is 0.314 e. The Morgan fingerprint density at radius 2 is 1.46 bits per heavy atom. The van der Waals surface area contributed by atoms with Gasteiger partial charge in [-0.2, -0.15) is 0 Å². The van der Waals surface area contributed by atoms with Gasteiger partial charge in [0.15, 0.2) is 0 Å². The number of amides is 3. The van der Waals surface area contributed by atoms with Crippen molar-refractivity contribution in [1.29, 1.82) is 0 Å². The summed E-state index contributed by atoms with van der Waals surface area (Å²) in [5.41, 5.74) is 1.14. The van der Waals surface area contributed by atoms with E-state index in [2.05, 4.69) is 16.0 Å². The molecule has 0 unspecified atom stereocenters. The Morgan fingerprint density at radius 3 is 2.08 bits per heavy atom. The molecule has 0 saturated carbocycles. The van der Waals surface area contributed by atoms with Crippen LogP contribution in [-0.4, -0.2) is 17.7 Å². The van der Waals surface area contributed by atoms with Gasteiger partial charge in [0, 0.05) is 23.3 Å². The zero-order chi connectivity index (χ0) is 17.7. The second-order valence-electron chi connectivity index (χ2n) is 4.79. The van der Waals surface area contributed by atoms with E-state index in [0.717, 1.165) is 0 Å². The highest BCUT2D eigenvalue weighted by molar-refractivity contribution is 6.45. The Balaban J connectivity index is 2.03. The van der Waals surface area contributed by atoms with Crippen LogP contribution < -0.4 is 16.0 Å². The molecule has 2 rings (SSSR count). The van der Waals surface area contributed by atoms with Crippen LogP contribution in [0.5, 0.6) is 0 Å². The number of benzene rings is 2. The molecule has 0 aliphatic carbocycles. The molecular weight excluding hydrogens is 353 g/mol. The third-order valence-corrected chi connectivity index (χ3v) is 3.37. The number of carbonyl (C=O) groups is 3.